The summed E-state index contributed by atoms with van der Waals surface area (Å²) in [6, 6.07) is 4.93. The number of ether oxygens (including phenoxy) is 1. The lowest BCUT2D eigenvalue weighted by molar-refractivity contribution is -0.119. The summed E-state index contributed by atoms with van der Waals surface area (Å²) < 4.78 is 4.85. The maximum absolute atomic E-state index is 11.7. The number of anilines is 1. The monoisotopic (exact) mass is 282 g/mol. The maximum atomic E-state index is 11.7. The van der Waals surface area contributed by atoms with E-state index in [2.05, 4.69) is 5.32 Å². The molecule has 20 heavy (non-hydrogen) atoms. The Hall–Kier alpha value is -1.79. The molecule has 112 valence electrons. The molecule has 1 rings (SSSR count). The number of aliphatic hydroxyl groups is 1. The SMILES string of the molecule is COCCNC(=O)CN(C)c1ccc(C(C)O)c(O)c1. The molecule has 1 unspecified atom stereocenters. The lowest BCUT2D eigenvalue weighted by Gasteiger charge is -2.20. The van der Waals surface area contributed by atoms with E-state index in [-0.39, 0.29) is 18.2 Å². The fourth-order valence-corrected chi connectivity index (χ4v) is 1.78. The molecule has 1 amide bonds. The standard InChI is InChI=1S/C14H22N2O4/c1-10(17)12-5-4-11(8-13(12)18)16(2)9-14(19)15-6-7-20-3/h4-5,8,10,17-18H,6-7,9H2,1-3H3,(H,15,19). The molecule has 0 aliphatic heterocycles. The Morgan fingerprint density at radius 1 is 1.50 bits per heavy atom. The molecule has 0 bridgehead atoms. The van der Waals surface area contributed by atoms with Gasteiger partial charge in [-0.2, -0.15) is 0 Å². The molecule has 1 atom stereocenters. The molecule has 0 saturated carbocycles. The number of nitrogens with zero attached hydrogens (tertiary/aromatic N) is 1. The molecule has 0 aliphatic rings. The highest BCUT2D eigenvalue weighted by atomic mass is 16.5. The van der Waals surface area contributed by atoms with Crippen LogP contribution in [0.1, 0.15) is 18.6 Å². The summed E-state index contributed by atoms with van der Waals surface area (Å²) in [7, 11) is 3.33. The average Bonchev–Trinajstić information content (AvgIpc) is 2.38. The number of aromatic hydroxyl groups is 1. The summed E-state index contributed by atoms with van der Waals surface area (Å²) in [5.74, 6) is -0.104. The van der Waals surface area contributed by atoms with E-state index in [1.165, 1.54) is 6.07 Å². The van der Waals surface area contributed by atoms with Gasteiger partial charge in [0.2, 0.25) is 5.91 Å². The van der Waals surface area contributed by atoms with Crippen molar-refractivity contribution in [3.63, 3.8) is 0 Å². The van der Waals surface area contributed by atoms with Crippen molar-refractivity contribution in [3.05, 3.63) is 23.8 Å². The number of amides is 1. The smallest absolute Gasteiger partial charge is 0.239 e. The molecular formula is C14H22N2O4. The Kier molecular flexibility index (Phi) is 6.27. The van der Waals surface area contributed by atoms with Gasteiger partial charge in [-0.05, 0) is 13.0 Å². The first-order valence-corrected chi connectivity index (χ1v) is 6.43. The van der Waals surface area contributed by atoms with E-state index in [4.69, 9.17) is 4.74 Å². The van der Waals surface area contributed by atoms with Crippen LogP contribution in [0.25, 0.3) is 0 Å². The summed E-state index contributed by atoms with van der Waals surface area (Å²) >= 11 is 0. The Morgan fingerprint density at radius 3 is 2.75 bits per heavy atom. The van der Waals surface area contributed by atoms with E-state index in [1.54, 1.807) is 38.1 Å². The van der Waals surface area contributed by atoms with Gasteiger partial charge in [-0.1, -0.05) is 6.07 Å². The summed E-state index contributed by atoms with van der Waals surface area (Å²) in [5.41, 5.74) is 1.17. The van der Waals surface area contributed by atoms with E-state index in [1.807, 2.05) is 0 Å². The molecule has 3 N–H and O–H groups in total. The lowest BCUT2D eigenvalue weighted by atomic mass is 10.1. The third-order valence-electron chi connectivity index (χ3n) is 2.91. The predicted molar refractivity (Wildman–Crippen MR) is 76.9 cm³/mol. The van der Waals surface area contributed by atoms with Gasteiger partial charge in [0.15, 0.2) is 0 Å². The van der Waals surface area contributed by atoms with Crippen LogP contribution in [0.5, 0.6) is 5.75 Å². The number of hydrogen-bond donors (Lipinski definition) is 3. The van der Waals surface area contributed by atoms with Crippen molar-refractivity contribution >= 4 is 11.6 Å². The molecule has 0 aliphatic carbocycles. The van der Waals surface area contributed by atoms with Crippen molar-refractivity contribution in [1.29, 1.82) is 0 Å². The van der Waals surface area contributed by atoms with Gasteiger partial charge in [0.05, 0.1) is 19.3 Å². The lowest BCUT2D eigenvalue weighted by Crippen LogP contribution is -2.36. The van der Waals surface area contributed by atoms with Gasteiger partial charge in [0, 0.05) is 38.0 Å². The van der Waals surface area contributed by atoms with Gasteiger partial charge >= 0.3 is 0 Å². The molecule has 0 heterocycles. The van der Waals surface area contributed by atoms with Gasteiger partial charge in [-0.3, -0.25) is 4.79 Å². The second-order valence-corrected chi connectivity index (χ2v) is 4.62. The van der Waals surface area contributed by atoms with Crippen molar-refractivity contribution in [2.45, 2.75) is 13.0 Å². The van der Waals surface area contributed by atoms with Gasteiger partial charge in [0.25, 0.3) is 0 Å². The van der Waals surface area contributed by atoms with Crippen LogP contribution in [0.2, 0.25) is 0 Å². The van der Waals surface area contributed by atoms with Crippen LogP contribution < -0.4 is 10.2 Å². The minimum absolute atomic E-state index is 0.0177. The Morgan fingerprint density at radius 2 is 2.20 bits per heavy atom. The summed E-state index contributed by atoms with van der Waals surface area (Å²) in [6.07, 6.45) is -0.730. The van der Waals surface area contributed by atoms with Crippen LogP contribution >= 0.6 is 0 Å². The largest absolute Gasteiger partial charge is 0.507 e. The van der Waals surface area contributed by atoms with Crippen molar-refractivity contribution in [2.24, 2.45) is 0 Å². The van der Waals surface area contributed by atoms with Crippen molar-refractivity contribution in [3.8, 4) is 5.75 Å². The van der Waals surface area contributed by atoms with Crippen LogP contribution in [0, 0.1) is 0 Å². The van der Waals surface area contributed by atoms with Crippen LogP contribution in [0.15, 0.2) is 18.2 Å². The second kappa shape index (κ2) is 7.72. The van der Waals surface area contributed by atoms with Crippen molar-refractivity contribution in [2.75, 3.05) is 38.8 Å². The number of benzene rings is 1. The minimum Gasteiger partial charge on any atom is -0.507 e. The Balaban J connectivity index is 2.61. The zero-order valence-corrected chi connectivity index (χ0v) is 12.1. The normalized spacial score (nSPS) is 12.0. The Bertz CT molecular complexity index is 449. The fraction of sp³-hybridized carbons (Fsp3) is 0.500. The number of nitrogens with one attached hydrogen (secondary N) is 1. The quantitative estimate of drug-likeness (QED) is 0.640. The van der Waals surface area contributed by atoms with E-state index in [9.17, 15) is 15.0 Å². The molecule has 0 fully saturated rings. The Labute approximate surface area is 119 Å². The number of rotatable bonds is 7. The number of likely N-dealkylation sites (N-methyl/N-ethyl adjacent to an activating group) is 1. The average molecular weight is 282 g/mol. The van der Waals surface area contributed by atoms with E-state index in [0.717, 1.165) is 0 Å². The molecule has 6 nitrogen and oxygen atoms in total. The number of aliphatic hydroxyl groups excluding tert-OH is 1. The number of phenolic OH excluding ortho intramolecular Hbond substituents is 1. The van der Waals surface area contributed by atoms with Crippen LogP contribution in [0.4, 0.5) is 5.69 Å². The maximum Gasteiger partial charge on any atom is 0.239 e. The van der Waals surface area contributed by atoms with E-state index < -0.39 is 6.10 Å². The number of carbonyl (C=O) groups excluding carboxylic acids is 1. The number of phenols is 1. The molecule has 6 heteroatoms. The third-order valence-corrected chi connectivity index (χ3v) is 2.91. The number of hydrogen-bond acceptors (Lipinski definition) is 5. The minimum atomic E-state index is -0.730. The molecule has 0 spiro atoms. The van der Waals surface area contributed by atoms with Crippen LogP contribution in [0.3, 0.4) is 0 Å². The summed E-state index contributed by atoms with van der Waals surface area (Å²) in [5, 5.41) is 22.0. The highest BCUT2D eigenvalue weighted by Crippen LogP contribution is 2.28. The fourth-order valence-electron chi connectivity index (χ4n) is 1.78. The third kappa shape index (κ3) is 4.71. The molecule has 1 aromatic rings. The van der Waals surface area contributed by atoms with Gasteiger partial charge in [-0.25, -0.2) is 0 Å². The topological polar surface area (TPSA) is 82.0 Å². The molecule has 1 aromatic carbocycles. The summed E-state index contributed by atoms with van der Waals surface area (Å²) in [4.78, 5) is 13.4. The molecule has 0 radical (unpaired) electrons. The highest BCUT2D eigenvalue weighted by molar-refractivity contribution is 5.81. The first kappa shape index (κ1) is 16.3. The first-order valence-electron chi connectivity index (χ1n) is 6.43. The molecule has 0 saturated heterocycles. The zero-order valence-electron chi connectivity index (χ0n) is 12.1. The van der Waals surface area contributed by atoms with Crippen molar-refractivity contribution in [1.82, 2.24) is 5.32 Å². The molecule has 0 aromatic heterocycles. The zero-order chi connectivity index (χ0) is 15.1. The van der Waals surface area contributed by atoms with Gasteiger partial charge in [0.1, 0.15) is 5.75 Å². The van der Waals surface area contributed by atoms with Gasteiger partial charge in [-0.15, -0.1) is 0 Å². The number of methoxy groups -OCH3 is 1. The molecular weight excluding hydrogens is 260 g/mol. The van der Waals surface area contributed by atoms with Crippen LogP contribution in [-0.2, 0) is 9.53 Å². The highest BCUT2D eigenvalue weighted by Gasteiger charge is 2.11. The second-order valence-electron chi connectivity index (χ2n) is 4.62. The van der Waals surface area contributed by atoms with Crippen LogP contribution in [-0.4, -0.2) is 50.0 Å². The summed E-state index contributed by atoms with van der Waals surface area (Å²) in [6.45, 7) is 2.70. The van der Waals surface area contributed by atoms with Crippen molar-refractivity contribution < 1.29 is 19.7 Å². The number of carbonyl (C=O) groups is 1. The van der Waals surface area contributed by atoms with E-state index >= 15 is 0 Å². The van der Waals surface area contributed by atoms with E-state index in [0.29, 0.717) is 24.4 Å². The first-order chi connectivity index (χ1) is 9.45. The van der Waals surface area contributed by atoms with Gasteiger partial charge < -0.3 is 25.2 Å². The predicted octanol–water partition coefficient (Wildman–Crippen LogP) is 0.644.